The molecule has 1 heterocycles. The summed E-state index contributed by atoms with van der Waals surface area (Å²) >= 11 is 6.23. The third kappa shape index (κ3) is 5.23. The standard InChI is InChI=1S/C28H32ClNO4/c1-3-34-24-14-10-22(11-15-24)28(31,25-6-4-5-7-27(25)32-2)26(20-30-16-18-33-19-17-30)21-8-12-23(29)13-9-21/h4-15,26,31H,3,16-20H2,1-2H3/t26-,28-/m0/s1. The number of halogens is 1. The molecule has 0 bridgehead atoms. The first-order chi connectivity index (χ1) is 16.6. The summed E-state index contributed by atoms with van der Waals surface area (Å²) in [5.74, 6) is 1.11. The molecule has 3 aromatic carbocycles. The maximum atomic E-state index is 12.8. The second-order valence-corrected chi connectivity index (χ2v) is 8.88. The first-order valence-corrected chi connectivity index (χ1v) is 12.1. The van der Waals surface area contributed by atoms with Gasteiger partial charge in [0.25, 0.3) is 0 Å². The molecule has 5 nitrogen and oxygen atoms in total. The van der Waals surface area contributed by atoms with Crippen molar-refractivity contribution in [3.8, 4) is 11.5 Å². The van der Waals surface area contributed by atoms with Crippen LogP contribution in [0.2, 0.25) is 5.02 Å². The Labute approximate surface area is 206 Å². The van der Waals surface area contributed by atoms with Crippen LogP contribution in [-0.2, 0) is 10.3 Å². The van der Waals surface area contributed by atoms with E-state index in [4.69, 9.17) is 25.8 Å². The Kier molecular flexibility index (Phi) is 8.11. The fraction of sp³-hybridized carbons (Fsp3) is 0.357. The molecule has 1 N–H and O–H groups in total. The summed E-state index contributed by atoms with van der Waals surface area (Å²) in [7, 11) is 1.64. The maximum Gasteiger partial charge on any atom is 0.126 e. The number of nitrogens with zero attached hydrogens (tertiary/aromatic N) is 1. The quantitative estimate of drug-likeness (QED) is 0.461. The fourth-order valence-electron chi connectivity index (χ4n) is 4.69. The van der Waals surface area contributed by atoms with E-state index in [2.05, 4.69) is 4.90 Å². The monoisotopic (exact) mass is 481 g/mol. The van der Waals surface area contributed by atoms with Crippen molar-refractivity contribution in [3.05, 3.63) is 94.5 Å². The van der Waals surface area contributed by atoms with E-state index in [1.165, 1.54) is 0 Å². The van der Waals surface area contributed by atoms with E-state index in [1.807, 2.05) is 79.7 Å². The number of para-hydroxylation sites is 1. The Hall–Kier alpha value is -2.57. The molecule has 1 aliphatic rings. The van der Waals surface area contributed by atoms with Crippen LogP contribution in [0.5, 0.6) is 11.5 Å². The van der Waals surface area contributed by atoms with E-state index in [0.29, 0.717) is 37.1 Å². The SMILES string of the molecule is CCOc1ccc([C@](O)(c2ccccc2OC)[C@@H](CN2CCOCC2)c2ccc(Cl)cc2)cc1. The Bertz CT molecular complexity index is 1050. The minimum absolute atomic E-state index is 0.294. The van der Waals surface area contributed by atoms with Gasteiger partial charge in [0.1, 0.15) is 17.1 Å². The smallest absolute Gasteiger partial charge is 0.126 e. The second-order valence-electron chi connectivity index (χ2n) is 8.44. The number of methoxy groups -OCH3 is 1. The largest absolute Gasteiger partial charge is 0.496 e. The van der Waals surface area contributed by atoms with Crippen molar-refractivity contribution in [1.82, 2.24) is 4.90 Å². The molecule has 4 rings (SSSR count). The molecule has 0 radical (unpaired) electrons. The van der Waals surface area contributed by atoms with Gasteiger partial charge < -0.3 is 19.3 Å². The second kappa shape index (κ2) is 11.2. The Morgan fingerprint density at radius 1 is 1.00 bits per heavy atom. The zero-order valence-corrected chi connectivity index (χ0v) is 20.5. The topological polar surface area (TPSA) is 51.2 Å². The average Bonchev–Trinajstić information content (AvgIpc) is 2.89. The van der Waals surface area contributed by atoms with Gasteiger partial charge >= 0.3 is 0 Å². The van der Waals surface area contributed by atoms with Gasteiger partial charge in [-0.1, -0.05) is 54.1 Å². The van der Waals surface area contributed by atoms with Gasteiger partial charge in [-0.2, -0.15) is 0 Å². The molecule has 34 heavy (non-hydrogen) atoms. The van der Waals surface area contributed by atoms with E-state index in [0.717, 1.165) is 35.5 Å². The van der Waals surface area contributed by atoms with E-state index in [-0.39, 0.29) is 5.92 Å². The number of morpholine rings is 1. The molecule has 6 heteroatoms. The van der Waals surface area contributed by atoms with Crippen LogP contribution in [-0.4, -0.2) is 56.6 Å². The van der Waals surface area contributed by atoms with Crippen molar-refractivity contribution in [2.24, 2.45) is 0 Å². The predicted molar refractivity (Wildman–Crippen MR) is 135 cm³/mol. The Morgan fingerprint density at radius 3 is 2.32 bits per heavy atom. The highest BCUT2D eigenvalue weighted by Gasteiger charge is 2.44. The lowest BCUT2D eigenvalue weighted by molar-refractivity contribution is -0.000152. The number of hydrogen-bond donors (Lipinski definition) is 1. The molecule has 0 spiro atoms. The molecule has 0 amide bonds. The van der Waals surface area contributed by atoms with Crippen LogP contribution >= 0.6 is 11.6 Å². The average molecular weight is 482 g/mol. The summed E-state index contributed by atoms with van der Waals surface area (Å²) in [6.07, 6.45) is 0. The number of benzene rings is 3. The van der Waals surface area contributed by atoms with Gasteiger partial charge in [0, 0.05) is 36.1 Å². The molecule has 1 fully saturated rings. The Morgan fingerprint density at radius 2 is 1.68 bits per heavy atom. The molecule has 1 aliphatic heterocycles. The van der Waals surface area contributed by atoms with Gasteiger partial charge in [-0.3, -0.25) is 4.90 Å². The molecule has 0 unspecified atom stereocenters. The van der Waals surface area contributed by atoms with Crippen molar-refractivity contribution in [3.63, 3.8) is 0 Å². The first kappa shape index (κ1) is 24.6. The predicted octanol–water partition coefficient (Wildman–Crippen LogP) is 5.10. The normalized spacial score (nSPS) is 17.1. The van der Waals surface area contributed by atoms with E-state index in [9.17, 15) is 5.11 Å². The van der Waals surface area contributed by atoms with Gasteiger partial charge in [-0.25, -0.2) is 0 Å². The summed E-state index contributed by atoms with van der Waals surface area (Å²) < 4.78 is 17.0. The molecular formula is C28H32ClNO4. The van der Waals surface area contributed by atoms with Crippen LogP contribution in [0.25, 0.3) is 0 Å². The number of rotatable bonds is 9. The molecule has 0 aromatic heterocycles. The lowest BCUT2D eigenvalue weighted by Crippen LogP contribution is -2.45. The highest BCUT2D eigenvalue weighted by Crippen LogP contribution is 2.46. The van der Waals surface area contributed by atoms with Crippen LogP contribution in [0, 0.1) is 0 Å². The lowest BCUT2D eigenvalue weighted by atomic mass is 9.72. The molecule has 3 aromatic rings. The van der Waals surface area contributed by atoms with Gasteiger partial charge in [-0.15, -0.1) is 0 Å². The van der Waals surface area contributed by atoms with E-state index < -0.39 is 5.60 Å². The third-order valence-electron chi connectivity index (χ3n) is 6.44. The maximum absolute atomic E-state index is 12.8. The number of hydrogen-bond acceptors (Lipinski definition) is 5. The summed E-state index contributed by atoms with van der Waals surface area (Å²) in [5.41, 5.74) is 1.12. The van der Waals surface area contributed by atoms with Gasteiger partial charge in [0.2, 0.25) is 0 Å². The third-order valence-corrected chi connectivity index (χ3v) is 6.70. The zero-order chi connectivity index (χ0) is 24.0. The lowest BCUT2D eigenvalue weighted by Gasteiger charge is -2.41. The van der Waals surface area contributed by atoms with Crippen molar-refractivity contribution in [1.29, 1.82) is 0 Å². The molecule has 0 saturated carbocycles. The van der Waals surface area contributed by atoms with Crippen LogP contribution in [0.4, 0.5) is 0 Å². The van der Waals surface area contributed by atoms with E-state index >= 15 is 0 Å². The van der Waals surface area contributed by atoms with Gasteiger partial charge in [-0.05, 0) is 48.4 Å². The summed E-state index contributed by atoms with van der Waals surface area (Å²) in [6, 6.07) is 23.2. The van der Waals surface area contributed by atoms with Crippen molar-refractivity contribution < 1.29 is 19.3 Å². The molecule has 0 aliphatic carbocycles. The molecule has 180 valence electrons. The van der Waals surface area contributed by atoms with Crippen LogP contribution in [0.15, 0.2) is 72.8 Å². The highest BCUT2D eigenvalue weighted by atomic mass is 35.5. The summed E-state index contributed by atoms with van der Waals surface area (Å²) in [5, 5.41) is 13.5. The van der Waals surface area contributed by atoms with E-state index in [1.54, 1.807) is 7.11 Å². The summed E-state index contributed by atoms with van der Waals surface area (Å²) in [4.78, 5) is 2.34. The zero-order valence-electron chi connectivity index (χ0n) is 19.7. The number of aliphatic hydroxyl groups is 1. The van der Waals surface area contributed by atoms with Gasteiger partial charge in [0.05, 0.1) is 26.9 Å². The van der Waals surface area contributed by atoms with Crippen molar-refractivity contribution in [2.45, 2.75) is 18.4 Å². The highest BCUT2D eigenvalue weighted by molar-refractivity contribution is 6.30. The molecule has 1 saturated heterocycles. The molecule has 2 atom stereocenters. The van der Waals surface area contributed by atoms with Crippen LogP contribution < -0.4 is 9.47 Å². The van der Waals surface area contributed by atoms with Crippen molar-refractivity contribution >= 4 is 11.6 Å². The Balaban J connectivity index is 1.88. The molecular weight excluding hydrogens is 450 g/mol. The van der Waals surface area contributed by atoms with Crippen LogP contribution in [0.3, 0.4) is 0 Å². The fourth-order valence-corrected chi connectivity index (χ4v) is 4.82. The minimum atomic E-state index is -1.37. The van der Waals surface area contributed by atoms with Crippen LogP contribution in [0.1, 0.15) is 29.5 Å². The summed E-state index contributed by atoms with van der Waals surface area (Å²) in [6.45, 7) is 6.18. The van der Waals surface area contributed by atoms with Gasteiger partial charge in [0.15, 0.2) is 0 Å². The first-order valence-electron chi connectivity index (χ1n) is 11.7. The minimum Gasteiger partial charge on any atom is -0.496 e. The van der Waals surface area contributed by atoms with Crippen molar-refractivity contribution in [2.75, 3.05) is 46.6 Å². The number of ether oxygens (including phenoxy) is 3.